The van der Waals surface area contributed by atoms with Crippen LogP contribution in [-0.4, -0.2) is 35.5 Å². The Kier molecular flexibility index (Phi) is 6.40. The molecular weight excluding hydrogens is 332 g/mol. The van der Waals surface area contributed by atoms with Gasteiger partial charge in [0.15, 0.2) is 0 Å². The summed E-state index contributed by atoms with van der Waals surface area (Å²) in [6, 6.07) is 6.59. The molecule has 6 nitrogen and oxygen atoms in total. The summed E-state index contributed by atoms with van der Waals surface area (Å²) in [6.45, 7) is 6.72. The Morgan fingerprint density at radius 2 is 1.46 bits per heavy atom. The van der Waals surface area contributed by atoms with Crippen LogP contribution in [0.2, 0.25) is 0 Å². The maximum Gasteiger partial charge on any atom is 0.306 e. The molecule has 0 spiro atoms. The summed E-state index contributed by atoms with van der Waals surface area (Å²) in [5.41, 5.74) is 1.03. The molecule has 1 aromatic rings. The van der Waals surface area contributed by atoms with Crippen LogP contribution in [0.25, 0.3) is 0 Å². The minimum atomic E-state index is -0.755. The fourth-order valence-corrected chi connectivity index (χ4v) is 2.97. The first-order valence-corrected chi connectivity index (χ1v) is 9.07. The standard InChI is InChI=1S/C20H28N2O4/c1-20(2,3)12-21-17(23)13-4-6-14(7-5-13)18(24)22-16-10-8-15(9-11-16)19(25)26/h4-7,15-16H,8-12H2,1-3H3,(H,21,23)(H,22,24)(H,25,26). The summed E-state index contributed by atoms with van der Waals surface area (Å²) >= 11 is 0. The summed E-state index contributed by atoms with van der Waals surface area (Å²) in [5.74, 6) is -1.39. The molecule has 26 heavy (non-hydrogen) atoms. The molecule has 0 heterocycles. The van der Waals surface area contributed by atoms with Crippen LogP contribution >= 0.6 is 0 Å². The quantitative estimate of drug-likeness (QED) is 0.752. The van der Waals surface area contributed by atoms with E-state index >= 15 is 0 Å². The van der Waals surface area contributed by atoms with E-state index in [4.69, 9.17) is 5.11 Å². The molecule has 1 aliphatic carbocycles. The number of rotatable bonds is 5. The van der Waals surface area contributed by atoms with Gasteiger partial charge in [-0.2, -0.15) is 0 Å². The van der Waals surface area contributed by atoms with Crippen molar-refractivity contribution in [1.82, 2.24) is 10.6 Å². The Morgan fingerprint density at radius 3 is 1.92 bits per heavy atom. The van der Waals surface area contributed by atoms with Gasteiger partial charge in [0.25, 0.3) is 11.8 Å². The van der Waals surface area contributed by atoms with Gasteiger partial charge in [0, 0.05) is 23.7 Å². The molecule has 1 saturated carbocycles. The Morgan fingerprint density at radius 1 is 0.962 bits per heavy atom. The van der Waals surface area contributed by atoms with Crippen LogP contribution in [-0.2, 0) is 4.79 Å². The summed E-state index contributed by atoms with van der Waals surface area (Å²) in [6.07, 6.45) is 2.53. The van der Waals surface area contributed by atoms with Gasteiger partial charge >= 0.3 is 5.97 Å². The summed E-state index contributed by atoms with van der Waals surface area (Å²) in [5, 5.41) is 14.9. The van der Waals surface area contributed by atoms with Crippen molar-refractivity contribution >= 4 is 17.8 Å². The molecule has 0 aliphatic heterocycles. The van der Waals surface area contributed by atoms with Crippen LogP contribution in [0.5, 0.6) is 0 Å². The smallest absolute Gasteiger partial charge is 0.306 e. The second-order valence-corrected chi connectivity index (χ2v) is 8.18. The second kappa shape index (κ2) is 8.34. The van der Waals surface area contributed by atoms with Crippen LogP contribution in [0.3, 0.4) is 0 Å². The van der Waals surface area contributed by atoms with Gasteiger partial charge in [-0.3, -0.25) is 14.4 Å². The van der Waals surface area contributed by atoms with Crippen molar-refractivity contribution < 1.29 is 19.5 Å². The van der Waals surface area contributed by atoms with Gasteiger partial charge < -0.3 is 15.7 Å². The molecule has 0 bridgehead atoms. The van der Waals surface area contributed by atoms with Crippen molar-refractivity contribution in [3.05, 3.63) is 35.4 Å². The van der Waals surface area contributed by atoms with E-state index in [1.165, 1.54) is 0 Å². The number of aliphatic carboxylic acids is 1. The number of amides is 2. The van der Waals surface area contributed by atoms with E-state index in [1.807, 2.05) is 20.8 Å². The number of hydrogen-bond donors (Lipinski definition) is 3. The van der Waals surface area contributed by atoms with E-state index in [9.17, 15) is 14.4 Å². The zero-order valence-corrected chi connectivity index (χ0v) is 15.7. The number of carbonyl (C=O) groups is 3. The highest BCUT2D eigenvalue weighted by atomic mass is 16.4. The Bertz CT molecular complexity index is 653. The van der Waals surface area contributed by atoms with E-state index in [-0.39, 0.29) is 29.2 Å². The Balaban J connectivity index is 1.87. The van der Waals surface area contributed by atoms with Crippen LogP contribution in [0.4, 0.5) is 0 Å². The molecule has 142 valence electrons. The van der Waals surface area contributed by atoms with Crippen LogP contribution < -0.4 is 10.6 Å². The van der Waals surface area contributed by atoms with Crippen molar-refractivity contribution in [3.8, 4) is 0 Å². The molecule has 0 unspecified atom stereocenters. The van der Waals surface area contributed by atoms with Crippen molar-refractivity contribution in [1.29, 1.82) is 0 Å². The molecule has 0 atom stereocenters. The molecule has 6 heteroatoms. The SMILES string of the molecule is CC(C)(C)CNC(=O)c1ccc(C(=O)NC2CCC(C(=O)O)CC2)cc1. The minimum absolute atomic E-state index is 0.00728. The zero-order valence-electron chi connectivity index (χ0n) is 15.7. The monoisotopic (exact) mass is 360 g/mol. The molecule has 1 fully saturated rings. The van der Waals surface area contributed by atoms with Gasteiger partial charge in [-0.25, -0.2) is 0 Å². The van der Waals surface area contributed by atoms with Gasteiger partial charge in [0.1, 0.15) is 0 Å². The van der Waals surface area contributed by atoms with Crippen molar-refractivity contribution in [2.75, 3.05) is 6.54 Å². The molecule has 0 aromatic heterocycles. The fraction of sp³-hybridized carbons (Fsp3) is 0.550. The normalized spacial score (nSPS) is 20.3. The zero-order chi connectivity index (χ0) is 19.3. The third-order valence-corrected chi connectivity index (χ3v) is 4.60. The van der Waals surface area contributed by atoms with Gasteiger partial charge in [-0.1, -0.05) is 20.8 Å². The average molecular weight is 360 g/mol. The average Bonchev–Trinajstić information content (AvgIpc) is 2.59. The minimum Gasteiger partial charge on any atom is -0.481 e. The first-order chi connectivity index (χ1) is 12.2. The first kappa shape index (κ1) is 19.9. The van der Waals surface area contributed by atoms with Gasteiger partial charge in [-0.15, -0.1) is 0 Å². The predicted octanol–water partition coefficient (Wildman–Crippen LogP) is 2.84. The number of nitrogens with one attached hydrogen (secondary N) is 2. The lowest BCUT2D eigenvalue weighted by molar-refractivity contribution is -0.142. The van der Waals surface area contributed by atoms with Crippen molar-refractivity contribution in [2.24, 2.45) is 11.3 Å². The topological polar surface area (TPSA) is 95.5 Å². The van der Waals surface area contributed by atoms with Gasteiger partial charge in [0.05, 0.1) is 5.92 Å². The van der Waals surface area contributed by atoms with Gasteiger partial charge in [-0.05, 0) is 55.4 Å². The maximum absolute atomic E-state index is 12.3. The summed E-state index contributed by atoms with van der Waals surface area (Å²) < 4.78 is 0. The maximum atomic E-state index is 12.3. The van der Waals surface area contributed by atoms with Gasteiger partial charge in [0.2, 0.25) is 0 Å². The van der Waals surface area contributed by atoms with E-state index in [2.05, 4.69) is 10.6 Å². The first-order valence-electron chi connectivity index (χ1n) is 9.07. The molecule has 1 aromatic carbocycles. The van der Waals surface area contributed by atoms with Crippen LogP contribution in [0.15, 0.2) is 24.3 Å². The number of carboxylic acid groups (broad SMARTS) is 1. The third-order valence-electron chi connectivity index (χ3n) is 4.60. The van der Waals surface area contributed by atoms with Crippen molar-refractivity contribution in [3.63, 3.8) is 0 Å². The van der Waals surface area contributed by atoms with E-state index in [0.29, 0.717) is 43.4 Å². The number of hydrogen-bond acceptors (Lipinski definition) is 3. The molecular formula is C20H28N2O4. The Hall–Kier alpha value is -2.37. The lowest BCUT2D eigenvalue weighted by Gasteiger charge is -2.26. The highest BCUT2D eigenvalue weighted by Crippen LogP contribution is 2.24. The highest BCUT2D eigenvalue weighted by Gasteiger charge is 2.26. The largest absolute Gasteiger partial charge is 0.481 e. The number of carboxylic acids is 1. The van der Waals surface area contributed by atoms with E-state index in [1.54, 1.807) is 24.3 Å². The molecule has 0 radical (unpaired) electrons. The van der Waals surface area contributed by atoms with E-state index in [0.717, 1.165) is 0 Å². The highest BCUT2D eigenvalue weighted by molar-refractivity contribution is 5.97. The van der Waals surface area contributed by atoms with Crippen LogP contribution in [0.1, 0.15) is 67.2 Å². The molecule has 3 N–H and O–H groups in total. The predicted molar refractivity (Wildman–Crippen MR) is 99.1 cm³/mol. The fourth-order valence-electron chi connectivity index (χ4n) is 2.97. The second-order valence-electron chi connectivity index (χ2n) is 8.18. The number of carbonyl (C=O) groups excluding carboxylic acids is 2. The lowest BCUT2D eigenvalue weighted by Crippen LogP contribution is -2.38. The molecule has 2 rings (SSSR count). The number of benzene rings is 1. The summed E-state index contributed by atoms with van der Waals surface area (Å²) in [4.78, 5) is 35.4. The van der Waals surface area contributed by atoms with E-state index < -0.39 is 5.97 Å². The molecule has 0 saturated heterocycles. The van der Waals surface area contributed by atoms with Crippen molar-refractivity contribution in [2.45, 2.75) is 52.5 Å². The molecule has 1 aliphatic rings. The third kappa shape index (κ3) is 5.86. The lowest BCUT2D eigenvalue weighted by atomic mass is 9.86. The van der Waals surface area contributed by atoms with Crippen LogP contribution in [0, 0.1) is 11.3 Å². The molecule has 2 amide bonds. The Labute approximate surface area is 154 Å². The summed E-state index contributed by atoms with van der Waals surface area (Å²) in [7, 11) is 0.